The number of aromatic nitrogens is 3. The molecule has 5 rings (SSSR count). The van der Waals surface area contributed by atoms with Crippen LogP contribution in [0.15, 0.2) is 54.7 Å². The van der Waals surface area contributed by atoms with Crippen LogP contribution in [0.25, 0.3) is 5.65 Å². The molecular weight excluding hydrogens is 491 g/mol. The van der Waals surface area contributed by atoms with Gasteiger partial charge in [0.05, 0.1) is 16.9 Å². The second-order valence-corrected chi connectivity index (χ2v) is 8.32. The van der Waals surface area contributed by atoms with Gasteiger partial charge < -0.3 is 20.7 Å². The number of anilines is 1. The van der Waals surface area contributed by atoms with E-state index in [2.05, 4.69) is 26.0 Å². The molecule has 2 aromatic carbocycles. The first-order valence-corrected chi connectivity index (χ1v) is 11.2. The summed E-state index contributed by atoms with van der Waals surface area (Å²) in [7, 11) is 0. The van der Waals surface area contributed by atoms with Crippen molar-refractivity contribution >= 4 is 40.7 Å². The molecule has 0 saturated carbocycles. The largest absolute Gasteiger partial charge is 0.482 e. The van der Waals surface area contributed by atoms with Crippen LogP contribution in [-0.4, -0.2) is 38.9 Å². The molecule has 0 unspecified atom stereocenters. The zero-order chi connectivity index (χ0) is 25.2. The molecular formula is C24H18ClFN6O4. The second-order valence-electron chi connectivity index (χ2n) is 7.91. The minimum atomic E-state index is -0.553. The van der Waals surface area contributed by atoms with E-state index in [1.54, 1.807) is 24.3 Å². The molecule has 3 N–H and O–H groups in total. The lowest BCUT2D eigenvalue weighted by molar-refractivity contribution is -0.118. The molecule has 1 aliphatic heterocycles. The van der Waals surface area contributed by atoms with Gasteiger partial charge in [-0.25, -0.2) is 13.9 Å². The third kappa shape index (κ3) is 4.82. The van der Waals surface area contributed by atoms with Crippen molar-refractivity contribution in [3.8, 4) is 5.75 Å². The number of carbonyl (C=O) groups is 3. The Balaban J connectivity index is 1.31. The number of benzene rings is 2. The van der Waals surface area contributed by atoms with E-state index < -0.39 is 17.6 Å². The normalized spacial score (nSPS) is 12.4. The van der Waals surface area contributed by atoms with Crippen LogP contribution >= 0.6 is 11.6 Å². The first-order chi connectivity index (χ1) is 17.4. The van der Waals surface area contributed by atoms with Crippen molar-refractivity contribution in [1.29, 1.82) is 0 Å². The van der Waals surface area contributed by atoms with Gasteiger partial charge in [0.15, 0.2) is 12.3 Å². The summed E-state index contributed by atoms with van der Waals surface area (Å²) >= 11 is 5.80. The molecule has 36 heavy (non-hydrogen) atoms. The first kappa shape index (κ1) is 23.2. The smallest absolute Gasteiger partial charge is 0.270 e. The van der Waals surface area contributed by atoms with E-state index in [1.165, 1.54) is 35.0 Å². The fraction of sp³-hybridized carbons (Fsp3) is 0.125. The molecule has 0 fully saturated rings. The predicted molar refractivity (Wildman–Crippen MR) is 127 cm³/mol. The average molecular weight is 509 g/mol. The fourth-order valence-electron chi connectivity index (χ4n) is 3.63. The Labute approximate surface area is 208 Å². The van der Waals surface area contributed by atoms with Gasteiger partial charge in [0.25, 0.3) is 17.7 Å². The lowest BCUT2D eigenvalue weighted by Gasteiger charge is -2.18. The van der Waals surface area contributed by atoms with Gasteiger partial charge in [-0.2, -0.15) is 5.10 Å². The number of halogens is 2. The second kappa shape index (κ2) is 9.62. The SMILES string of the molecule is O=C1COc2ccc(CNC(=O)c3cc(C(=O)NCc4ccc(F)c(Cl)c4)n4nccc4n3)cc2N1. The molecule has 3 amide bonds. The van der Waals surface area contributed by atoms with E-state index in [9.17, 15) is 18.8 Å². The molecule has 0 spiro atoms. The van der Waals surface area contributed by atoms with Crippen LogP contribution in [0, 0.1) is 5.82 Å². The molecule has 182 valence electrons. The Kier molecular flexibility index (Phi) is 6.21. The molecule has 0 bridgehead atoms. The number of amides is 3. The van der Waals surface area contributed by atoms with E-state index >= 15 is 0 Å². The third-order valence-corrected chi connectivity index (χ3v) is 5.68. The number of hydrogen-bond acceptors (Lipinski definition) is 6. The number of carbonyl (C=O) groups excluding carboxylic acids is 3. The lowest BCUT2D eigenvalue weighted by atomic mass is 10.1. The standard InChI is InChI=1S/C24H18ClFN6O4/c25-15-7-13(1-3-16(15)26)10-28-24(35)19-9-18(30-21-5-6-29-32(19)21)23(34)27-11-14-2-4-20-17(8-14)31-22(33)12-36-20/h1-9H,10-12H2,(H,27,34)(H,28,35)(H,31,33). The van der Waals surface area contributed by atoms with Gasteiger partial charge in [-0.1, -0.05) is 23.7 Å². The summed E-state index contributed by atoms with van der Waals surface area (Å²) in [5.41, 5.74) is 2.29. The van der Waals surface area contributed by atoms with Crippen LogP contribution in [0.2, 0.25) is 5.02 Å². The third-order valence-electron chi connectivity index (χ3n) is 5.39. The lowest BCUT2D eigenvalue weighted by Crippen LogP contribution is -2.28. The predicted octanol–water partition coefficient (Wildman–Crippen LogP) is 2.71. The summed E-state index contributed by atoms with van der Waals surface area (Å²) in [5, 5.41) is 12.2. The monoisotopic (exact) mass is 508 g/mol. The molecule has 0 radical (unpaired) electrons. The molecule has 0 aliphatic carbocycles. The number of hydrogen-bond donors (Lipinski definition) is 3. The molecule has 1 aliphatic rings. The minimum Gasteiger partial charge on any atom is -0.482 e. The highest BCUT2D eigenvalue weighted by molar-refractivity contribution is 6.30. The van der Waals surface area contributed by atoms with Crippen LogP contribution < -0.4 is 20.7 Å². The molecule has 3 heterocycles. The van der Waals surface area contributed by atoms with E-state index in [1.807, 2.05) is 0 Å². The average Bonchev–Trinajstić information content (AvgIpc) is 3.35. The summed E-state index contributed by atoms with van der Waals surface area (Å²) in [6.45, 7) is 0.199. The Morgan fingerprint density at radius 3 is 2.61 bits per heavy atom. The quantitative estimate of drug-likeness (QED) is 0.367. The number of nitrogens with one attached hydrogen (secondary N) is 3. The topological polar surface area (TPSA) is 127 Å². The van der Waals surface area contributed by atoms with Crippen molar-refractivity contribution in [2.75, 3.05) is 11.9 Å². The molecule has 2 aromatic heterocycles. The Bertz CT molecular complexity index is 1520. The van der Waals surface area contributed by atoms with Gasteiger partial charge in [0.1, 0.15) is 23.0 Å². The maximum absolute atomic E-state index is 13.4. The van der Waals surface area contributed by atoms with Crippen molar-refractivity contribution in [2.45, 2.75) is 13.1 Å². The summed E-state index contributed by atoms with van der Waals surface area (Å²) in [6.07, 6.45) is 1.46. The van der Waals surface area contributed by atoms with Gasteiger partial charge in [-0.3, -0.25) is 14.4 Å². The van der Waals surface area contributed by atoms with Gasteiger partial charge in [0, 0.05) is 25.2 Å². The van der Waals surface area contributed by atoms with Crippen LogP contribution in [0.1, 0.15) is 32.1 Å². The Hall–Kier alpha value is -4.51. The molecule has 0 atom stereocenters. The van der Waals surface area contributed by atoms with Crippen LogP contribution in [0.3, 0.4) is 0 Å². The van der Waals surface area contributed by atoms with Crippen molar-refractivity contribution in [3.05, 3.63) is 88.1 Å². The van der Waals surface area contributed by atoms with Crippen LogP contribution in [0.5, 0.6) is 5.75 Å². The molecule has 4 aromatic rings. The summed E-state index contributed by atoms with van der Waals surface area (Å²) in [5.74, 6) is -1.27. The van der Waals surface area contributed by atoms with E-state index in [4.69, 9.17) is 16.3 Å². The van der Waals surface area contributed by atoms with Crippen molar-refractivity contribution < 1.29 is 23.5 Å². The van der Waals surface area contributed by atoms with E-state index in [-0.39, 0.29) is 42.0 Å². The maximum atomic E-state index is 13.4. The summed E-state index contributed by atoms with van der Waals surface area (Å²) in [4.78, 5) is 41.6. The highest BCUT2D eigenvalue weighted by atomic mass is 35.5. The van der Waals surface area contributed by atoms with Crippen molar-refractivity contribution in [1.82, 2.24) is 25.2 Å². The molecule has 12 heteroatoms. The molecule has 10 nitrogen and oxygen atoms in total. The highest BCUT2D eigenvalue weighted by Crippen LogP contribution is 2.28. The van der Waals surface area contributed by atoms with E-state index in [0.29, 0.717) is 22.6 Å². The van der Waals surface area contributed by atoms with Crippen molar-refractivity contribution in [2.24, 2.45) is 0 Å². The fourth-order valence-corrected chi connectivity index (χ4v) is 3.83. The van der Waals surface area contributed by atoms with Gasteiger partial charge in [0.2, 0.25) is 0 Å². The zero-order valence-electron chi connectivity index (χ0n) is 18.5. The van der Waals surface area contributed by atoms with Crippen LogP contribution in [0.4, 0.5) is 10.1 Å². The maximum Gasteiger partial charge on any atom is 0.270 e. The number of fused-ring (bicyclic) bond motifs is 2. The van der Waals surface area contributed by atoms with Crippen LogP contribution in [-0.2, 0) is 17.9 Å². The Morgan fingerprint density at radius 1 is 1.06 bits per heavy atom. The molecule has 0 saturated heterocycles. The van der Waals surface area contributed by atoms with Gasteiger partial charge in [-0.05, 0) is 35.4 Å². The minimum absolute atomic E-state index is 0.0209. The summed E-state index contributed by atoms with van der Waals surface area (Å²) in [6, 6.07) is 12.2. The Morgan fingerprint density at radius 2 is 1.81 bits per heavy atom. The van der Waals surface area contributed by atoms with Gasteiger partial charge in [-0.15, -0.1) is 0 Å². The first-order valence-electron chi connectivity index (χ1n) is 10.8. The van der Waals surface area contributed by atoms with Gasteiger partial charge >= 0.3 is 0 Å². The van der Waals surface area contributed by atoms with E-state index in [0.717, 1.165) is 5.56 Å². The zero-order valence-corrected chi connectivity index (χ0v) is 19.3. The summed E-state index contributed by atoms with van der Waals surface area (Å²) < 4.78 is 20.0. The number of ether oxygens (including phenoxy) is 1. The number of nitrogens with zero attached hydrogens (tertiary/aromatic N) is 3. The highest BCUT2D eigenvalue weighted by Gasteiger charge is 2.19. The number of rotatable bonds is 6. The van der Waals surface area contributed by atoms with Crippen molar-refractivity contribution in [3.63, 3.8) is 0 Å².